The lowest BCUT2D eigenvalue weighted by Gasteiger charge is -2.26. The van der Waals surface area contributed by atoms with E-state index in [9.17, 15) is 4.79 Å². The molecule has 0 aliphatic rings. The van der Waals surface area contributed by atoms with Gasteiger partial charge in [-0.05, 0) is 32.3 Å². The Morgan fingerprint density at radius 3 is 2.00 bits per heavy atom. The molecule has 0 atom stereocenters. The topological polar surface area (TPSA) is 29.4 Å². The molecular weight excluding hydrogens is 197 g/mol. The number of carbonyl (C=O) groups is 1. The number of nitrogens with zero attached hydrogens (tertiary/aromatic N) is 1. The smallest absolute Gasteiger partial charge is 0.157 e. The normalized spacial score (nSPS) is 14.8. The Morgan fingerprint density at radius 1 is 1.25 bits per heavy atom. The van der Waals surface area contributed by atoms with Crippen LogP contribution in [0.2, 0.25) is 0 Å². The van der Waals surface area contributed by atoms with Gasteiger partial charge in [0.2, 0.25) is 0 Å². The highest BCUT2D eigenvalue weighted by atomic mass is 16.1. The van der Waals surface area contributed by atoms with Gasteiger partial charge < -0.3 is 0 Å². The minimum absolute atomic E-state index is 0.0871. The fraction of sp³-hybridized carbons (Fsp3) is 0.692. The van der Waals surface area contributed by atoms with Crippen LogP contribution in [-0.4, -0.2) is 19.2 Å². The molecule has 0 aliphatic heterocycles. The van der Waals surface area contributed by atoms with Crippen LogP contribution >= 0.6 is 0 Å². The first-order valence-corrected chi connectivity index (χ1v) is 5.81. The third kappa shape index (κ3) is 3.95. The highest BCUT2D eigenvalue weighted by molar-refractivity contribution is 6.59. The molecule has 0 saturated heterocycles. The second-order valence-corrected chi connectivity index (χ2v) is 4.73. The van der Waals surface area contributed by atoms with Gasteiger partial charge in [-0.25, -0.2) is 0 Å². The van der Waals surface area contributed by atoms with Crippen molar-refractivity contribution in [2.24, 2.45) is 10.4 Å². The molecule has 2 nitrogen and oxygen atoms in total. The molecule has 0 N–H and O–H groups in total. The summed E-state index contributed by atoms with van der Waals surface area (Å²) < 4.78 is 0. The zero-order valence-corrected chi connectivity index (χ0v) is 11.3. The van der Waals surface area contributed by atoms with Crippen molar-refractivity contribution in [3.05, 3.63) is 11.3 Å². The molecule has 0 bridgehead atoms. The number of allylic oxidation sites excluding steroid dienone is 2. The van der Waals surface area contributed by atoms with Crippen LogP contribution in [0.4, 0.5) is 0 Å². The molecule has 0 fully saturated rings. The summed E-state index contributed by atoms with van der Waals surface area (Å²) in [4.78, 5) is 16.0. The third-order valence-corrected chi connectivity index (χ3v) is 2.88. The quantitative estimate of drug-likeness (QED) is 0.396. The van der Waals surface area contributed by atoms with Crippen LogP contribution in [-0.2, 0) is 4.79 Å². The molecule has 0 heterocycles. The largest absolute Gasteiger partial charge is 0.295 e. The zero-order chi connectivity index (χ0) is 12.9. The van der Waals surface area contributed by atoms with Gasteiger partial charge in [0.05, 0.1) is 5.70 Å². The first kappa shape index (κ1) is 15.1. The molecule has 88 valence electrons. The van der Waals surface area contributed by atoms with Crippen molar-refractivity contribution in [2.45, 2.75) is 54.4 Å². The standard InChI is InChI=1S/C13H22BNO/c1-7-11(9(3)16)12(15-10(4)14)13(5,6)8-2/h7-8H2,1-6H3/b12-11-,15-10?. The Hall–Kier alpha value is -0.855. The number of ketones is 1. The maximum atomic E-state index is 11.6. The minimum atomic E-state index is -0.113. The van der Waals surface area contributed by atoms with Gasteiger partial charge in [-0.3, -0.25) is 9.79 Å². The number of carbonyl (C=O) groups excluding carboxylic acids is 1. The first-order valence-electron chi connectivity index (χ1n) is 5.81. The monoisotopic (exact) mass is 219 g/mol. The van der Waals surface area contributed by atoms with Crippen molar-refractivity contribution in [3.8, 4) is 0 Å². The van der Waals surface area contributed by atoms with E-state index in [4.69, 9.17) is 7.85 Å². The molecule has 0 aromatic carbocycles. The Kier molecular flexibility index (Phi) is 5.70. The summed E-state index contributed by atoms with van der Waals surface area (Å²) in [6.45, 7) is 11.6. The Balaban J connectivity index is 5.74. The van der Waals surface area contributed by atoms with Crippen molar-refractivity contribution >= 4 is 19.2 Å². The summed E-state index contributed by atoms with van der Waals surface area (Å²) >= 11 is 0. The second-order valence-electron chi connectivity index (χ2n) is 4.73. The summed E-state index contributed by atoms with van der Waals surface area (Å²) in [7, 11) is 5.64. The molecule has 2 radical (unpaired) electrons. The van der Waals surface area contributed by atoms with Crippen molar-refractivity contribution in [3.63, 3.8) is 0 Å². The van der Waals surface area contributed by atoms with Gasteiger partial charge in [-0.2, -0.15) is 0 Å². The van der Waals surface area contributed by atoms with Crippen LogP contribution in [0.5, 0.6) is 0 Å². The number of rotatable bonds is 5. The summed E-state index contributed by atoms with van der Waals surface area (Å²) in [6, 6.07) is 0. The van der Waals surface area contributed by atoms with Crippen LogP contribution in [0.1, 0.15) is 54.4 Å². The maximum Gasteiger partial charge on any atom is 0.157 e. The van der Waals surface area contributed by atoms with Gasteiger partial charge in [0.25, 0.3) is 0 Å². The van der Waals surface area contributed by atoms with E-state index in [-0.39, 0.29) is 11.2 Å². The van der Waals surface area contributed by atoms with E-state index in [1.807, 2.05) is 6.92 Å². The van der Waals surface area contributed by atoms with Crippen LogP contribution in [0.3, 0.4) is 0 Å². The average Bonchev–Trinajstić information content (AvgIpc) is 2.16. The molecule has 0 spiro atoms. The van der Waals surface area contributed by atoms with E-state index in [1.165, 1.54) is 0 Å². The maximum absolute atomic E-state index is 11.6. The van der Waals surface area contributed by atoms with Crippen LogP contribution in [0.15, 0.2) is 16.3 Å². The number of aliphatic imine (C=N–C) groups is 1. The molecule has 0 aromatic rings. The molecule has 0 amide bonds. The van der Waals surface area contributed by atoms with Crippen LogP contribution in [0.25, 0.3) is 0 Å². The summed E-state index contributed by atoms with van der Waals surface area (Å²) in [5, 5.41) is 0. The van der Waals surface area contributed by atoms with E-state index in [0.717, 1.165) is 17.7 Å². The van der Waals surface area contributed by atoms with Gasteiger partial charge in [-0.15, -0.1) is 0 Å². The minimum Gasteiger partial charge on any atom is -0.295 e. The molecule has 0 rings (SSSR count). The lowest BCUT2D eigenvalue weighted by Crippen LogP contribution is -2.18. The Labute approximate surface area is 101 Å². The fourth-order valence-electron chi connectivity index (χ4n) is 1.55. The van der Waals surface area contributed by atoms with Gasteiger partial charge in [0.15, 0.2) is 5.78 Å². The van der Waals surface area contributed by atoms with Crippen molar-refractivity contribution in [1.82, 2.24) is 0 Å². The second kappa shape index (κ2) is 6.02. The highest BCUT2D eigenvalue weighted by Gasteiger charge is 2.25. The van der Waals surface area contributed by atoms with Gasteiger partial charge >= 0.3 is 0 Å². The number of Topliss-reactive ketones (excluding diaryl/α,β-unsaturated/α-hetero) is 1. The number of hydrogen-bond acceptors (Lipinski definition) is 2. The Morgan fingerprint density at radius 2 is 1.75 bits per heavy atom. The first-order chi connectivity index (χ1) is 7.26. The molecular formula is C13H22BNO. The molecule has 0 aromatic heterocycles. The summed E-state index contributed by atoms with van der Waals surface area (Å²) in [6.07, 6.45) is 1.63. The lowest BCUT2D eigenvalue weighted by atomic mass is 9.82. The van der Waals surface area contributed by atoms with Crippen molar-refractivity contribution in [2.75, 3.05) is 0 Å². The van der Waals surface area contributed by atoms with E-state index in [1.54, 1.807) is 13.8 Å². The summed E-state index contributed by atoms with van der Waals surface area (Å²) in [5.74, 6) is 0.0871. The molecule has 0 aliphatic carbocycles. The summed E-state index contributed by atoms with van der Waals surface area (Å²) in [5.41, 5.74) is 2.02. The van der Waals surface area contributed by atoms with Gasteiger partial charge in [-0.1, -0.05) is 27.7 Å². The molecule has 3 heteroatoms. The molecule has 16 heavy (non-hydrogen) atoms. The van der Waals surface area contributed by atoms with Crippen LogP contribution in [0, 0.1) is 5.41 Å². The number of hydrogen-bond donors (Lipinski definition) is 0. The van der Waals surface area contributed by atoms with E-state index in [2.05, 4.69) is 25.8 Å². The zero-order valence-electron chi connectivity index (χ0n) is 11.3. The van der Waals surface area contributed by atoms with Crippen molar-refractivity contribution in [1.29, 1.82) is 0 Å². The van der Waals surface area contributed by atoms with Gasteiger partial charge in [0, 0.05) is 11.0 Å². The van der Waals surface area contributed by atoms with Gasteiger partial charge in [0.1, 0.15) is 7.85 Å². The van der Waals surface area contributed by atoms with E-state index in [0.29, 0.717) is 12.0 Å². The SMILES string of the molecule is [B]C(C)=N/C(=C(/CC)C(C)=O)C(C)(C)CC. The predicted octanol–water partition coefficient (Wildman–Crippen LogP) is 3.26. The average molecular weight is 219 g/mol. The van der Waals surface area contributed by atoms with Crippen LogP contribution < -0.4 is 0 Å². The van der Waals surface area contributed by atoms with E-state index >= 15 is 0 Å². The predicted molar refractivity (Wildman–Crippen MR) is 70.9 cm³/mol. The molecule has 0 unspecified atom stereocenters. The van der Waals surface area contributed by atoms with E-state index < -0.39 is 0 Å². The third-order valence-electron chi connectivity index (χ3n) is 2.88. The van der Waals surface area contributed by atoms with Crippen molar-refractivity contribution < 1.29 is 4.79 Å². The fourth-order valence-corrected chi connectivity index (χ4v) is 1.55. The highest BCUT2D eigenvalue weighted by Crippen LogP contribution is 2.34. The molecule has 0 saturated carbocycles. The Bertz CT molecular complexity index is 323. The lowest BCUT2D eigenvalue weighted by molar-refractivity contribution is -0.113.